The molecule has 32 heavy (non-hydrogen) atoms. The van der Waals surface area contributed by atoms with Gasteiger partial charge < -0.3 is 10.1 Å². The first kappa shape index (κ1) is 23.6. The number of hydrogen-bond acceptors (Lipinski definition) is 4. The average Bonchev–Trinajstić information content (AvgIpc) is 2.78. The van der Waals surface area contributed by atoms with Crippen LogP contribution in [0.2, 0.25) is 5.02 Å². The zero-order chi connectivity index (χ0) is 23.1. The van der Waals surface area contributed by atoms with Crippen LogP contribution in [0.5, 0.6) is 5.75 Å². The summed E-state index contributed by atoms with van der Waals surface area (Å²) in [6.45, 7) is 3.81. The van der Waals surface area contributed by atoms with Crippen molar-refractivity contribution in [3.05, 3.63) is 88.9 Å². The third kappa shape index (κ3) is 6.02. The number of anilines is 1. The normalized spacial score (nSPS) is 11.1. The van der Waals surface area contributed by atoms with Gasteiger partial charge in [-0.1, -0.05) is 53.6 Å². The molecule has 0 aliphatic heterocycles. The molecule has 3 aromatic rings. The van der Waals surface area contributed by atoms with Gasteiger partial charge >= 0.3 is 0 Å². The van der Waals surface area contributed by atoms with E-state index in [1.54, 1.807) is 30.3 Å². The maximum atomic E-state index is 13.4. The minimum absolute atomic E-state index is 0.0972. The largest absolute Gasteiger partial charge is 0.492 e. The molecule has 168 valence electrons. The van der Waals surface area contributed by atoms with E-state index < -0.39 is 15.9 Å². The number of amides is 1. The van der Waals surface area contributed by atoms with Crippen molar-refractivity contribution in [1.29, 1.82) is 0 Å². The Labute approximate surface area is 193 Å². The van der Waals surface area contributed by atoms with E-state index in [0.717, 1.165) is 15.4 Å². The molecule has 1 N–H and O–H groups in total. The summed E-state index contributed by atoms with van der Waals surface area (Å²) in [5.41, 5.74) is 2.06. The number of hydrogen-bond donors (Lipinski definition) is 1. The topological polar surface area (TPSA) is 75.7 Å². The van der Waals surface area contributed by atoms with Crippen molar-refractivity contribution < 1.29 is 17.9 Å². The van der Waals surface area contributed by atoms with Crippen LogP contribution in [0.3, 0.4) is 0 Å². The molecule has 0 radical (unpaired) electrons. The number of rotatable bonds is 9. The number of sulfonamides is 1. The van der Waals surface area contributed by atoms with Crippen molar-refractivity contribution in [3.8, 4) is 5.75 Å². The van der Waals surface area contributed by atoms with E-state index in [4.69, 9.17) is 16.3 Å². The van der Waals surface area contributed by atoms with Crippen LogP contribution in [-0.2, 0) is 14.8 Å². The van der Waals surface area contributed by atoms with E-state index in [1.807, 2.05) is 44.2 Å². The first-order valence-electron chi connectivity index (χ1n) is 10.1. The van der Waals surface area contributed by atoms with Crippen LogP contribution in [-0.4, -0.2) is 34.0 Å². The Morgan fingerprint density at radius 3 is 2.34 bits per heavy atom. The summed E-state index contributed by atoms with van der Waals surface area (Å²) in [6, 6.07) is 20.6. The van der Waals surface area contributed by atoms with E-state index in [2.05, 4.69) is 5.32 Å². The van der Waals surface area contributed by atoms with Gasteiger partial charge in [-0.2, -0.15) is 0 Å². The molecule has 1 amide bonds. The third-order valence-corrected chi connectivity index (χ3v) is 6.97. The minimum atomic E-state index is -3.99. The molecule has 3 aromatic carbocycles. The Morgan fingerprint density at radius 1 is 1.00 bits per heavy atom. The maximum absolute atomic E-state index is 13.4. The molecule has 0 heterocycles. The number of nitrogens with zero attached hydrogens (tertiary/aromatic N) is 1. The smallest absolute Gasteiger partial charge is 0.264 e. The van der Waals surface area contributed by atoms with Crippen LogP contribution in [0.25, 0.3) is 0 Å². The molecule has 0 aliphatic carbocycles. The molecule has 0 atom stereocenters. The molecule has 0 spiro atoms. The minimum Gasteiger partial charge on any atom is -0.492 e. The second kappa shape index (κ2) is 10.5. The zero-order valence-corrected chi connectivity index (χ0v) is 19.5. The zero-order valence-electron chi connectivity index (χ0n) is 17.9. The highest BCUT2D eigenvalue weighted by molar-refractivity contribution is 7.92. The van der Waals surface area contributed by atoms with Crippen LogP contribution in [0, 0.1) is 13.8 Å². The van der Waals surface area contributed by atoms with Crippen molar-refractivity contribution in [2.75, 3.05) is 24.0 Å². The number of ether oxygens (including phenoxy) is 1. The van der Waals surface area contributed by atoms with Gasteiger partial charge in [0.1, 0.15) is 18.9 Å². The Morgan fingerprint density at radius 2 is 1.69 bits per heavy atom. The summed E-state index contributed by atoms with van der Waals surface area (Å²) in [7, 11) is -3.99. The van der Waals surface area contributed by atoms with E-state index in [-0.39, 0.29) is 24.6 Å². The molecule has 0 aromatic heterocycles. The lowest BCUT2D eigenvalue weighted by atomic mass is 10.2. The summed E-state index contributed by atoms with van der Waals surface area (Å²) in [6.07, 6.45) is 0. The van der Waals surface area contributed by atoms with Gasteiger partial charge in [0.05, 0.1) is 17.1 Å². The number of benzene rings is 3. The lowest BCUT2D eigenvalue weighted by Crippen LogP contribution is -2.42. The van der Waals surface area contributed by atoms with Crippen molar-refractivity contribution >= 4 is 33.2 Å². The van der Waals surface area contributed by atoms with Crippen LogP contribution < -0.4 is 14.4 Å². The average molecular weight is 473 g/mol. The monoisotopic (exact) mass is 472 g/mol. The Hall–Kier alpha value is -3.03. The summed E-state index contributed by atoms with van der Waals surface area (Å²) in [5.74, 6) is 0.244. The van der Waals surface area contributed by atoms with Crippen LogP contribution >= 0.6 is 11.6 Å². The number of carbonyl (C=O) groups excluding carboxylic acids is 1. The van der Waals surface area contributed by atoms with Gasteiger partial charge in [0.15, 0.2) is 0 Å². The van der Waals surface area contributed by atoms with Gasteiger partial charge in [-0.3, -0.25) is 9.10 Å². The van der Waals surface area contributed by atoms with Crippen molar-refractivity contribution in [3.63, 3.8) is 0 Å². The fourth-order valence-corrected chi connectivity index (χ4v) is 4.54. The standard InChI is InChI=1S/C24H25ClN2O4S/c1-18-8-12-22(13-9-18)32(29,30)27(20-11-10-19(2)23(25)16-20)17-24(28)26-14-15-31-21-6-4-3-5-7-21/h3-13,16H,14-15,17H2,1-2H3,(H,26,28). The summed E-state index contributed by atoms with van der Waals surface area (Å²) >= 11 is 6.23. The molecule has 0 fully saturated rings. The summed E-state index contributed by atoms with van der Waals surface area (Å²) in [5, 5.41) is 3.13. The molecular formula is C24H25ClN2O4S. The third-order valence-electron chi connectivity index (χ3n) is 4.78. The molecule has 3 rings (SSSR count). The summed E-state index contributed by atoms with van der Waals surface area (Å²) in [4.78, 5) is 12.7. The highest BCUT2D eigenvalue weighted by Gasteiger charge is 2.27. The number of nitrogens with one attached hydrogen (secondary N) is 1. The van der Waals surface area contributed by atoms with Gasteiger partial charge in [-0.25, -0.2) is 8.42 Å². The first-order valence-corrected chi connectivity index (χ1v) is 11.9. The van der Waals surface area contributed by atoms with Gasteiger partial charge in [0.2, 0.25) is 5.91 Å². The predicted molar refractivity (Wildman–Crippen MR) is 127 cm³/mol. The van der Waals surface area contributed by atoms with Crippen LogP contribution in [0.15, 0.2) is 77.7 Å². The Bertz CT molecular complexity index is 1170. The highest BCUT2D eigenvalue weighted by Crippen LogP contribution is 2.28. The Kier molecular flexibility index (Phi) is 7.77. The molecule has 8 heteroatoms. The lowest BCUT2D eigenvalue weighted by Gasteiger charge is -2.24. The molecule has 0 saturated carbocycles. The number of halogens is 1. The van der Waals surface area contributed by atoms with Crippen molar-refractivity contribution in [2.45, 2.75) is 18.7 Å². The van der Waals surface area contributed by atoms with E-state index in [1.165, 1.54) is 12.1 Å². The predicted octanol–water partition coefficient (Wildman–Crippen LogP) is 4.35. The van der Waals surface area contributed by atoms with Gasteiger partial charge in [-0.15, -0.1) is 0 Å². The number of carbonyl (C=O) groups is 1. The van der Waals surface area contributed by atoms with Gasteiger partial charge in [0.25, 0.3) is 10.0 Å². The molecule has 0 saturated heterocycles. The van der Waals surface area contributed by atoms with Gasteiger partial charge in [0, 0.05) is 5.02 Å². The molecule has 0 bridgehead atoms. The van der Waals surface area contributed by atoms with E-state index in [0.29, 0.717) is 16.5 Å². The second-order valence-electron chi connectivity index (χ2n) is 7.27. The number of aryl methyl sites for hydroxylation is 2. The fraction of sp³-hybridized carbons (Fsp3) is 0.208. The van der Waals surface area contributed by atoms with E-state index >= 15 is 0 Å². The second-order valence-corrected chi connectivity index (χ2v) is 9.54. The fourth-order valence-electron chi connectivity index (χ4n) is 2.95. The summed E-state index contributed by atoms with van der Waals surface area (Å²) < 4.78 is 33.4. The molecule has 0 aliphatic rings. The SMILES string of the molecule is Cc1ccc(S(=O)(=O)N(CC(=O)NCCOc2ccccc2)c2ccc(C)c(Cl)c2)cc1. The Balaban J connectivity index is 1.75. The van der Waals surface area contributed by atoms with Crippen LogP contribution in [0.1, 0.15) is 11.1 Å². The van der Waals surface area contributed by atoms with Crippen molar-refractivity contribution in [1.82, 2.24) is 5.32 Å². The number of para-hydroxylation sites is 1. The van der Waals surface area contributed by atoms with Crippen LogP contribution in [0.4, 0.5) is 5.69 Å². The maximum Gasteiger partial charge on any atom is 0.264 e. The lowest BCUT2D eigenvalue weighted by molar-refractivity contribution is -0.119. The molecular weight excluding hydrogens is 448 g/mol. The molecule has 0 unspecified atom stereocenters. The van der Waals surface area contributed by atoms with Gasteiger partial charge in [-0.05, 0) is 55.8 Å². The van der Waals surface area contributed by atoms with Crippen molar-refractivity contribution in [2.24, 2.45) is 0 Å². The van der Waals surface area contributed by atoms with E-state index in [9.17, 15) is 13.2 Å². The quantitative estimate of drug-likeness (QED) is 0.470. The first-order chi connectivity index (χ1) is 15.3. The molecule has 6 nitrogen and oxygen atoms in total. The highest BCUT2D eigenvalue weighted by atomic mass is 35.5.